The van der Waals surface area contributed by atoms with E-state index in [-0.39, 0.29) is 5.91 Å². The molecule has 0 atom stereocenters. The highest BCUT2D eigenvalue weighted by molar-refractivity contribution is 7.99. The molecule has 1 aromatic heterocycles. The standard InChI is InChI=1S/C22H21N3OS/c1-15-13-16(2)24-22(23-15)27-14-21(26)25-19-9-5-3-7-17(19)11-12-18-8-4-6-10-20(18)25/h3-10,13H,11-12,14H2,1-2H3. The van der Waals surface area contributed by atoms with Gasteiger partial charge in [0.05, 0.1) is 17.1 Å². The first-order valence-corrected chi connectivity index (χ1v) is 10.0. The topological polar surface area (TPSA) is 46.1 Å². The molecule has 0 unspecified atom stereocenters. The van der Waals surface area contributed by atoms with Crippen LogP contribution in [0.2, 0.25) is 0 Å². The third kappa shape index (κ3) is 3.74. The molecule has 1 aliphatic heterocycles. The second kappa shape index (κ2) is 7.53. The summed E-state index contributed by atoms with van der Waals surface area (Å²) in [5.74, 6) is 0.343. The maximum Gasteiger partial charge on any atom is 0.242 e. The molecular formula is C22H21N3OS. The van der Waals surface area contributed by atoms with Crippen molar-refractivity contribution >= 4 is 29.0 Å². The van der Waals surface area contributed by atoms with Crippen molar-refractivity contribution in [1.82, 2.24) is 9.97 Å². The van der Waals surface area contributed by atoms with Crippen molar-refractivity contribution in [3.05, 3.63) is 77.1 Å². The molecule has 4 rings (SSSR count). The molecule has 0 spiro atoms. The van der Waals surface area contributed by atoms with Crippen molar-refractivity contribution in [1.29, 1.82) is 0 Å². The van der Waals surface area contributed by atoms with Crippen LogP contribution in [0.15, 0.2) is 59.8 Å². The number of aromatic nitrogens is 2. The number of para-hydroxylation sites is 2. The molecular weight excluding hydrogens is 354 g/mol. The summed E-state index contributed by atoms with van der Waals surface area (Å²) < 4.78 is 0. The number of rotatable bonds is 3. The van der Waals surface area contributed by atoms with Crippen LogP contribution in [0.3, 0.4) is 0 Å². The minimum absolute atomic E-state index is 0.0459. The predicted molar refractivity (Wildman–Crippen MR) is 110 cm³/mol. The number of benzene rings is 2. The number of aryl methyl sites for hydroxylation is 4. The Balaban J connectivity index is 1.66. The highest BCUT2D eigenvalue weighted by atomic mass is 32.2. The predicted octanol–water partition coefficient (Wildman–Crippen LogP) is 4.65. The van der Waals surface area contributed by atoms with Gasteiger partial charge in [0, 0.05) is 11.4 Å². The first kappa shape index (κ1) is 17.7. The average Bonchev–Trinajstić information content (AvgIpc) is 2.82. The molecule has 1 amide bonds. The van der Waals surface area contributed by atoms with Crippen molar-refractivity contribution in [2.24, 2.45) is 0 Å². The third-order valence-electron chi connectivity index (χ3n) is 4.66. The van der Waals surface area contributed by atoms with Gasteiger partial charge in [-0.05, 0) is 56.0 Å². The number of amides is 1. The van der Waals surface area contributed by atoms with E-state index in [1.165, 1.54) is 22.9 Å². The summed E-state index contributed by atoms with van der Waals surface area (Å²) in [7, 11) is 0. The molecule has 0 saturated carbocycles. The van der Waals surface area contributed by atoms with Crippen molar-refractivity contribution in [2.45, 2.75) is 31.8 Å². The lowest BCUT2D eigenvalue weighted by Crippen LogP contribution is -2.28. The van der Waals surface area contributed by atoms with Crippen molar-refractivity contribution in [3.63, 3.8) is 0 Å². The maximum absolute atomic E-state index is 13.3. The van der Waals surface area contributed by atoms with Gasteiger partial charge in [-0.2, -0.15) is 0 Å². The fourth-order valence-corrected chi connectivity index (χ4v) is 4.30. The number of hydrogen-bond donors (Lipinski definition) is 0. The average molecular weight is 375 g/mol. The molecule has 1 aliphatic rings. The minimum Gasteiger partial charge on any atom is -0.280 e. The van der Waals surface area contributed by atoms with Crippen molar-refractivity contribution < 1.29 is 4.79 Å². The lowest BCUT2D eigenvalue weighted by molar-refractivity contribution is -0.115. The molecule has 0 bridgehead atoms. The second-order valence-corrected chi connectivity index (χ2v) is 7.65. The molecule has 0 N–H and O–H groups in total. The Morgan fingerprint density at radius 1 is 0.926 bits per heavy atom. The molecule has 27 heavy (non-hydrogen) atoms. The van der Waals surface area contributed by atoms with Gasteiger partial charge in [0.1, 0.15) is 0 Å². The molecule has 4 nitrogen and oxygen atoms in total. The highest BCUT2D eigenvalue weighted by Crippen LogP contribution is 2.36. The van der Waals surface area contributed by atoms with E-state index in [4.69, 9.17) is 0 Å². The zero-order valence-corrected chi connectivity index (χ0v) is 16.3. The third-order valence-corrected chi connectivity index (χ3v) is 5.50. The first-order chi connectivity index (χ1) is 13.1. The first-order valence-electron chi connectivity index (χ1n) is 9.05. The molecule has 5 heteroatoms. The summed E-state index contributed by atoms with van der Waals surface area (Å²) >= 11 is 1.39. The summed E-state index contributed by atoms with van der Waals surface area (Å²) in [6.45, 7) is 3.89. The van der Waals surface area contributed by atoms with Gasteiger partial charge in [-0.15, -0.1) is 0 Å². The molecule has 2 heterocycles. The Labute approximate surface area is 163 Å². The quantitative estimate of drug-likeness (QED) is 0.494. The summed E-state index contributed by atoms with van der Waals surface area (Å²) in [6.07, 6.45) is 1.87. The summed E-state index contributed by atoms with van der Waals surface area (Å²) in [5, 5.41) is 0.650. The number of fused-ring (bicyclic) bond motifs is 2. The Bertz CT molecular complexity index is 935. The summed E-state index contributed by atoms with van der Waals surface area (Å²) in [6, 6.07) is 18.3. The van der Waals surface area contributed by atoms with Crippen molar-refractivity contribution in [2.75, 3.05) is 10.7 Å². The zero-order chi connectivity index (χ0) is 18.8. The Kier molecular flexibility index (Phi) is 4.94. The van der Waals surface area contributed by atoms with E-state index in [1.54, 1.807) is 0 Å². The van der Waals surface area contributed by atoms with Crippen molar-refractivity contribution in [3.8, 4) is 0 Å². The molecule has 0 saturated heterocycles. The van der Waals surface area contributed by atoms with E-state index in [9.17, 15) is 4.79 Å². The second-order valence-electron chi connectivity index (χ2n) is 6.71. The van der Waals surface area contributed by atoms with Crippen LogP contribution < -0.4 is 4.90 Å². The molecule has 0 fully saturated rings. The van der Waals surface area contributed by atoms with Crippen LogP contribution in [0.4, 0.5) is 11.4 Å². The zero-order valence-electron chi connectivity index (χ0n) is 15.5. The van der Waals surface area contributed by atoms with Gasteiger partial charge < -0.3 is 0 Å². The van der Waals surface area contributed by atoms with Gasteiger partial charge in [0.2, 0.25) is 5.91 Å². The summed E-state index contributed by atoms with van der Waals surface area (Å²) in [4.78, 5) is 24.0. The lowest BCUT2D eigenvalue weighted by atomic mass is 10.0. The molecule has 3 aromatic rings. The molecule has 136 valence electrons. The van der Waals surface area contributed by atoms with E-state index in [0.29, 0.717) is 10.9 Å². The van der Waals surface area contributed by atoms with Crippen LogP contribution in [0.1, 0.15) is 22.5 Å². The SMILES string of the molecule is Cc1cc(C)nc(SCC(=O)N2c3ccccc3CCc3ccccc32)n1. The van der Waals surface area contributed by atoms with Crippen LogP contribution in [-0.4, -0.2) is 21.6 Å². The van der Waals surface area contributed by atoms with Crippen LogP contribution in [0, 0.1) is 13.8 Å². The number of anilines is 2. The number of carbonyl (C=O) groups is 1. The number of nitrogens with zero attached hydrogens (tertiary/aromatic N) is 3. The van der Waals surface area contributed by atoms with Gasteiger partial charge in [0.25, 0.3) is 0 Å². The number of hydrogen-bond acceptors (Lipinski definition) is 4. The van der Waals surface area contributed by atoms with Crippen LogP contribution >= 0.6 is 11.8 Å². The van der Waals surface area contributed by atoms with Gasteiger partial charge in [-0.25, -0.2) is 9.97 Å². The van der Waals surface area contributed by atoms with E-state index < -0.39 is 0 Å². The van der Waals surface area contributed by atoms with Gasteiger partial charge in [-0.1, -0.05) is 48.2 Å². The van der Waals surface area contributed by atoms with Gasteiger partial charge in [0.15, 0.2) is 5.16 Å². The van der Waals surface area contributed by atoms with E-state index in [1.807, 2.05) is 61.2 Å². The monoisotopic (exact) mass is 375 g/mol. The largest absolute Gasteiger partial charge is 0.280 e. The van der Waals surface area contributed by atoms with E-state index in [0.717, 1.165) is 35.6 Å². The lowest BCUT2D eigenvalue weighted by Gasteiger charge is -2.24. The number of thioether (sulfide) groups is 1. The van der Waals surface area contributed by atoms with Gasteiger partial charge >= 0.3 is 0 Å². The fourth-order valence-electron chi connectivity index (χ4n) is 3.50. The molecule has 0 radical (unpaired) electrons. The van der Waals surface area contributed by atoms with E-state index >= 15 is 0 Å². The normalized spacial score (nSPS) is 12.9. The Morgan fingerprint density at radius 3 is 2.00 bits per heavy atom. The smallest absolute Gasteiger partial charge is 0.242 e. The highest BCUT2D eigenvalue weighted by Gasteiger charge is 2.25. The van der Waals surface area contributed by atoms with E-state index in [2.05, 4.69) is 22.1 Å². The van der Waals surface area contributed by atoms with Crippen LogP contribution in [-0.2, 0) is 17.6 Å². The number of carbonyl (C=O) groups excluding carboxylic acids is 1. The Morgan fingerprint density at radius 2 is 1.44 bits per heavy atom. The van der Waals surface area contributed by atoms with Crippen LogP contribution in [0.25, 0.3) is 0 Å². The maximum atomic E-state index is 13.3. The Hall–Kier alpha value is -2.66. The summed E-state index contributed by atoms with van der Waals surface area (Å²) in [5.41, 5.74) is 6.21. The van der Waals surface area contributed by atoms with Crippen LogP contribution in [0.5, 0.6) is 0 Å². The fraction of sp³-hybridized carbons (Fsp3) is 0.227. The van der Waals surface area contributed by atoms with Gasteiger partial charge in [-0.3, -0.25) is 9.69 Å². The minimum atomic E-state index is 0.0459. The molecule has 2 aromatic carbocycles. The molecule has 0 aliphatic carbocycles.